The molecule has 2 unspecified atom stereocenters. The Morgan fingerprint density at radius 3 is 2.65 bits per heavy atom. The van der Waals surface area contributed by atoms with Gasteiger partial charge in [0.25, 0.3) is 0 Å². The van der Waals surface area contributed by atoms with Crippen molar-refractivity contribution in [2.24, 2.45) is 11.3 Å². The fourth-order valence-corrected chi connectivity index (χ4v) is 3.55. The number of pyridine rings is 1. The first-order chi connectivity index (χ1) is 9.27. The van der Waals surface area contributed by atoms with Gasteiger partial charge in [0.15, 0.2) is 0 Å². The summed E-state index contributed by atoms with van der Waals surface area (Å²) < 4.78 is 5.60. The van der Waals surface area contributed by atoms with E-state index >= 15 is 0 Å². The van der Waals surface area contributed by atoms with Gasteiger partial charge in [0, 0.05) is 0 Å². The second-order valence-electron chi connectivity index (χ2n) is 6.41. The summed E-state index contributed by atoms with van der Waals surface area (Å²) in [5, 5.41) is 0.351. The highest BCUT2D eigenvalue weighted by Crippen LogP contribution is 2.40. The third kappa shape index (κ3) is 3.86. The molecule has 0 amide bonds. The van der Waals surface area contributed by atoms with E-state index in [0.29, 0.717) is 5.92 Å². The third-order valence-corrected chi connectivity index (χ3v) is 4.15. The monoisotopic (exact) mass is 315 g/mol. The van der Waals surface area contributed by atoms with E-state index < -0.39 is 5.97 Å². The predicted octanol–water partition coefficient (Wildman–Crippen LogP) is 4.76. The van der Waals surface area contributed by atoms with E-state index in [9.17, 15) is 4.79 Å². The number of esters is 1. The lowest BCUT2D eigenvalue weighted by Crippen LogP contribution is -2.34. The summed E-state index contributed by atoms with van der Waals surface area (Å²) in [7, 11) is 0. The Kier molecular flexibility index (Phi) is 4.60. The second kappa shape index (κ2) is 5.90. The summed E-state index contributed by atoms with van der Waals surface area (Å²) in [6.45, 7) is 6.61. The molecule has 0 N–H and O–H groups in total. The average molecular weight is 316 g/mol. The zero-order valence-electron chi connectivity index (χ0n) is 12.0. The molecule has 0 bridgehead atoms. The second-order valence-corrected chi connectivity index (χ2v) is 7.16. The highest BCUT2D eigenvalue weighted by atomic mass is 35.5. The van der Waals surface area contributed by atoms with Crippen LogP contribution >= 0.6 is 23.2 Å². The van der Waals surface area contributed by atoms with Gasteiger partial charge in [-0.05, 0) is 42.7 Å². The van der Waals surface area contributed by atoms with E-state index in [1.54, 1.807) is 6.07 Å². The number of hydrogen-bond acceptors (Lipinski definition) is 3. The van der Waals surface area contributed by atoms with Crippen molar-refractivity contribution in [2.75, 3.05) is 0 Å². The molecule has 1 fully saturated rings. The summed E-state index contributed by atoms with van der Waals surface area (Å²) >= 11 is 11.7. The smallest absolute Gasteiger partial charge is 0.341 e. The van der Waals surface area contributed by atoms with E-state index in [1.165, 1.54) is 6.07 Å². The summed E-state index contributed by atoms with van der Waals surface area (Å²) in [5.74, 6) is 0.129. The molecule has 0 aromatic carbocycles. The Balaban J connectivity index is 2.07. The van der Waals surface area contributed by atoms with Gasteiger partial charge in [-0.1, -0.05) is 44.0 Å². The van der Waals surface area contributed by atoms with E-state index in [-0.39, 0.29) is 27.4 Å². The molecule has 0 radical (unpaired) electrons. The minimum atomic E-state index is -0.422. The van der Waals surface area contributed by atoms with E-state index in [1.807, 2.05) is 0 Å². The number of rotatable bonds is 2. The van der Waals surface area contributed by atoms with Gasteiger partial charge in [-0.15, -0.1) is 0 Å². The quantitative estimate of drug-likeness (QED) is 0.583. The molecule has 1 aliphatic rings. The molecule has 1 aliphatic carbocycles. The largest absolute Gasteiger partial charge is 0.459 e. The van der Waals surface area contributed by atoms with Crippen molar-refractivity contribution in [1.29, 1.82) is 0 Å². The normalized spacial score (nSPS) is 25.2. The Bertz CT molecular complexity index is 517. The van der Waals surface area contributed by atoms with Crippen molar-refractivity contribution < 1.29 is 9.53 Å². The van der Waals surface area contributed by atoms with Crippen LogP contribution in [-0.2, 0) is 4.74 Å². The predicted molar refractivity (Wildman–Crippen MR) is 80.3 cm³/mol. The van der Waals surface area contributed by atoms with Gasteiger partial charge in [0.1, 0.15) is 16.4 Å². The van der Waals surface area contributed by atoms with Crippen LogP contribution in [0.25, 0.3) is 0 Å². The fourth-order valence-electron chi connectivity index (χ4n) is 3.13. The summed E-state index contributed by atoms with van der Waals surface area (Å²) in [5.41, 5.74) is 0.470. The van der Waals surface area contributed by atoms with E-state index in [4.69, 9.17) is 27.9 Å². The van der Waals surface area contributed by atoms with Crippen LogP contribution in [0.1, 0.15) is 50.4 Å². The Labute approximate surface area is 129 Å². The summed E-state index contributed by atoms with van der Waals surface area (Å²) in [6.07, 6.45) is 2.87. The number of aromatic nitrogens is 1. The summed E-state index contributed by atoms with van der Waals surface area (Å²) in [6, 6.07) is 3.09. The number of carbonyl (C=O) groups is 1. The van der Waals surface area contributed by atoms with Crippen LogP contribution in [-0.4, -0.2) is 17.1 Å². The molecule has 1 aromatic heterocycles. The Morgan fingerprint density at radius 2 is 2.05 bits per heavy atom. The molecule has 2 rings (SSSR count). The number of nitrogens with zero attached hydrogens (tertiary/aromatic N) is 1. The van der Waals surface area contributed by atoms with Crippen molar-refractivity contribution in [3.63, 3.8) is 0 Å². The molecule has 5 heteroatoms. The maximum absolute atomic E-state index is 12.2. The van der Waals surface area contributed by atoms with Gasteiger partial charge in [-0.25, -0.2) is 9.78 Å². The molecule has 20 heavy (non-hydrogen) atoms. The van der Waals surface area contributed by atoms with Gasteiger partial charge in [-0.3, -0.25) is 0 Å². The Hall–Kier alpha value is -0.800. The molecule has 2 atom stereocenters. The Morgan fingerprint density at radius 1 is 1.35 bits per heavy atom. The minimum absolute atomic E-state index is 0.0620. The number of hydrogen-bond donors (Lipinski definition) is 0. The van der Waals surface area contributed by atoms with Crippen LogP contribution in [0.2, 0.25) is 10.3 Å². The van der Waals surface area contributed by atoms with Gasteiger partial charge < -0.3 is 4.74 Å². The molecule has 1 saturated carbocycles. The molecule has 110 valence electrons. The van der Waals surface area contributed by atoms with Gasteiger partial charge >= 0.3 is 5.97 Å². The van der Waals surface area contributed by atoms with Crippen LogP contribution in [0.3, 0.4) is 0 Å². The number of halogens is 2. The number of carbonyl (C=O) groups excluding carboxylic acids is 1. The zero-order valence-corrected chi connectivity index (χ0v) is 13.5. The molecular weight excluding hydrogens is 297 g/mol. The SMILES string of the molecule is CC1CC(OC(=O)c2ccc(Cl)nc2Cl)CC(C)(C)C1. The fraction of sp³-hybridized carbons (Fsp3) is 0.600. The molecular formula is C15H19Cl2NO2. The summed E-state index contributed by atoms with van der Waals surface area (Å²) in [4.78, 5) is 16.0. The van der Waals surface area contributed by atoms with Crippen LogP contribution < -0.4 is 0 Å². The minimum Gasteiger partial charge on any atom is -0.459 e. The van der Waals surface area contributed by atoms with Crippen LogP contribution in [0.15, 0.2) is 12.1 Å². The first-order valence-corrected chi connectivity index (χ1v) is 7.55. The topological polar surface area (TPSA) is 39.2 Å². The molecule has 1 heterocycles. The zero-order chi connectivity index (χ0) is 14.9. The van der Waals surface area contributed by atoms with Crippen molar-refractivity contribution >= 4 is 29.2 Å². The van der Waals surface area contributed by atoms with Gasteiger partial charge in [0.2, 0.25) is 0 Å². The van der Waals surface area contributed by atoms with Gasteiger partial charge in [0.05, 0.1) is 5.56 Å². The molecule has 1 aromatic rings. The van der Waals surface area contributed by atoms with Crippen molar-refractivity contribution in [3.05, 3.63) is 28.0 Å². The molecule has 0 spiro atoms. The van der Waals surface area contributed by atoms with Crippen molar-refractivity contribution in [1.82, 2.24) is 4.98 Å². The number of ether oxygens (including phenoxy) is 1. The van der Waals surface area contributed by atoms with Crippen LogP contribution in [0, 0.1) is 11.3 Å². The maximum Gasteiger partial charge on any atom is 0.341 e. The third-order valence-electron chi connectivity index (χ3n) is 3.65. The molecule has 3 nitrogen and oxygen atoms in total. The van der Waals surface area contributed by atoms with E-state index in [2.05, 4.69) is 25.8 Å². The van der Waals surface area contributed by atoms with Crippen LogP contribution in [0.5, 0.6) is 0 Å². The lowest BCUT2D eigenvalue weighted by atomic mass is 9.71. The highest BCUT2D eigenvalue weighted by molar-refractivity contribution is 6.34. The average Bonchev–Trinajstić information content (AvgIpc) is 2.25. The van der Waals surface area contributed by atoms with Gasteiger partial charge in [-0.2, -0.15) is 0 Å². The molecule has 0 saturated heterocycles. The van der Waals surface area contributed by atoms with Crippen molar-refractivity contribution in [2.45, 2.75) is 46.1 Å². The lowest BCUT2D eigenvalue weighted by Gasteiger charge is -2.38. The standard InChI is InChI=1S/C15H19Cl2NO2/c1-9-6-10(8-15(2,3)7-9)20-14(19)11-4-5-12(16)18-13(11)17/h4-5,9-10H,6-8H2,1-3H3. The molecule has 0 aliphatic heterocycles. The van der Waals surface area contributed by atoms with Crippen LogP contribution in [0.4, 0.5) is 0 Å². The first kappa shape index (κ1) is 15.6. The highest BCUT2D eigenvalue weighted by Gasteiger charge is 2.34. The first-order valence-electron chi connectivity index (χ1n) is 6.80. The van der Waals surface area contributed by atoms with Crippen molar-refractivity contribution in [3.8, 4) is 0 Å². The maximum atomic E-state index is 12.2. The lowest BCUT2D eigenvalue weighted by molar-refractivity contribution is -0.00715. The van der Waals surface area contributed by atoms with E-state index in [0.717, 1.165) is 19.3 Å².